The van der Waals surface area contributed by atoms with Crippen molar-refractivity contribution in [1.82, 2.24) is 15.3 Å². The van der Waals surface area contributed by atoms with Gasteiger partial charge in [0.1, 0.15) is 5.82 Å². The number of carbonyl (C=O) groups is 1. The summed E-state index contributed by atoms with van der Waals surface area (Å²) in [5.74, 6) is 1.34. The number of carbonyl (C=O) groups excluding carboxylic acids is 1. The highest BCUT2D eigenvalue weighted by Gasteiger charge is 2.03. The van der Waals surface area contributed by atoms with Gasteiger partial charge >= 0.3 is 6.03 Å². The van der Waals surface area contributed by atoms with Crippen LogP contribution in [0.5, 0.6) is 0 Å². The predicted octanol–water partition coefficient (Wildman–Crippen LogP) is 2.76. The molecule has 0 radical (unpaired) electrons. The Morgan fingerprint density at radius 1 is 1.04 bits per heavy atom. The van der Waals surface area contributed by atoms with E-state index in [4.69, 9.17) is 0 Å². The lowest BCUT2D eigenvalue weighted by atomic mass is 10.2. The molecule has 0 aliphatic heterocycles. The smallest absolute Gasteiger partial charge is 0.319 e. The Morgan fingerprint density at radius 2 is 1.79 bits per heavy atom. The van der Waals surface area contributed by atoms with Gasteiger partial charge in [0, 0.05) is 37.1 Å². The van der Waals surface area contributed by atoms with Gasteiger partial charge in [-0.3, -0.25) is 0 Å². The Kier molecular flexibility index (Phi) is 6.36. The van der Waals surface area contributed by atoms with Gasteiger partial charge in [-0.05, 0) is 32.9 Å². The van der Waals surface area contributed by atoms with E-state index in [-0.39, 0.29) is 6.03 Å². The Hall–Kier alpha value is -2.83. The van der Waals surface area contributed by atoms with Gasteiger partial charge in [-0.25, -0.2) is 9.78 Å². The minimum absolute atomic E-state index is 0.229. The Bertz CT molecular complexity index is 671. The van der Waals surface area contributed by atoms with Gasteiger partial charge in [0.25, 0.3) is 0 Å². The van der Waals surface area contributed by atoms with Crippen molar-refractivity contribution in [3.8, 4) is 0 Å². The van der Waals surface area contributed by atoms with Crippen LogP contribution in [0.4, 0.5) is 22.2 Å². The summed E-state index contributed by atoms with van der Waals surface area (Å²) in [4.78, 5) is 20.5. The Morgan fingerprint density at radius 3 is 2.50 bits per heavy atom. The number of aromatic nitrogens is 2. The normalized spacial score (nSPS) is 10.1. The van der Waals surface area contributed by atoms with Gasteiger partial charge in [-0.2, -0.15) is 4.98 Å². The third-order valence-electron chi connectivity index (χ3n) is 3.22. The number of aryl methyl sites for hydroxylation is 2. The van der Waals surface area contributed by atoms with Gasteiger partial charge in [0.2, 0.25) is 5.95 Å². The predicted molar refractivity (Wildman–Crippen MR) is 97.6 cm³/mol. The SMILES string of the molecule is CCNc1nc(C)cc(NCCNC(=O)Nc2ccc(C)cc2)n1. The highest BCUT2D eigenvalue weighted by atomic mass is 16.2. The fourth-order valence-corrected chi connectivity index (χ4v) is 2.08. The minimum Gasteiger partial charge on any atom is -0.368 e. The van der Waals surface area contributed by atoms with E-state index in [2.05, 4.69) is 31.2 Å². The maximum atomic E-state index is 11.8. The van der Waals surface area contributed by atoms with Crippen LogP contribution in [0.2, 0.25) is 0 Å². The lowest BCUT2D eigenvalue weighted by molar-refractivity contribution is 0.252. The van der Waals surface area contributed by atoms with Crippen molar-refractivity contribution in [3.63, 3.8) is 0 Å². The summed E-state index contributed by atoms with van der Waals surface area (Å²) >= 11 is 0. The molecule has 4 N–H and O–H groups in total. The van der Waals surface area contributed by atoms with Crippen molar-refractivity contribution in [2.24, 2.45) is 0 Å². The number of urea groups is 1. The first-order valence-corrected chi connectivity index (χ1v) is 8.02. The third-order valence-corrected chi connectivity index (χ3v) is 3.22. The standard InChI is InChI=1S/C17H24N6O/c1-4-18-16-21-13(3)11-15(23-16)19-9-10-20-17(24)22-14-7-5-12(2)6-8-14/h5-8,11H,4,9-10H2,1-3H3,(H2,20,22,24)(H2,18,19,21,23). The van der Waals surface area contributed by atoms with Crippen molar-refractivity contribution in [2.75, 3.05) is 35.6 Å². The molecule has 1 aromatic carbocycles. The highest BCUT2D eigenvalue weighted by Crippen LogP contribution is 2.09. The molecule has 0 spiro atoms. The third kappa shape index (κ3) is 5.75. The molecule has 0 aliphatic carbocycles. The molecule has 0 saturated heterocycles. The summed E-state index contributed by atoms with van der Waals surface area (Å²) in [6, 6.07) is 9.30. The van der Waals surface area contributed by atoms with Crippen LogP contribution in [-0.2, 0) is 0 Å². The molecule has 24 heavy (non-hydrogen) atoms. The van der Waals surface area contributed by atoms with Crippen molar-refractivity contribution < 1.29 is 4.79 Å². The van der Waals surface area contributed by atoms with E-state index >= 15 is 0 Å². The second-order valence-electron chi connectivity index (χ2n) is 5.42. The summed E-state index contributed by atoms with van der Waals surface area (Å²) in [6.07, 6.45) is 0. The molecule has 128 valence electrons. The van der Waals surface area contributed by atoms with E-state index in [1.54, 1.807) is 0 Å². The van der Waals surface area contributed by atoms with Crippen LogP contribution in [0.25, 0.3) is 0 Å². The number of nitrogens with zero attached hydrogens (tertiary/aromatic N) is 2. The van der Waals surface area contributed by atoms with Crippen LogP contribution in [-0.4, -0.2) is 35.6 Å². The lowest BCUT2D eigenvalue weighted by Crippen LogP contribution is -2.32. The number of nitrogens with one attached hydrogen (secondary N) is 4. The molecule has 7 nitrogen and oxygen atoms in total. The van der Waals surface area contributed by atoms with Crippen molar-refractivity contribution >= 4 is 23.5 Å². The fraction of sp³-hybridized carbons (Fsp3) is 0.353. The number of rotatable bonds is 7. The van der Waals surface area contributed by atoms with Crippen LogP contribution in [0.3, 0.4) is 0 Å². The molecule has 1 heterocycles. The van der Waals surface area contributed by atoms with Gasteiger partial charge in [0.15, 0.2) is 0 Å². The number of amides is 2. The van der Waals surface area contributed by atoms with Crippen molar-refractivity contribution in [3.05, 3.63) is 41.6 Å². The first kappa shape index (κ1) is 17.5. The van der Waals surface area contributed by atoms with E-state index in [9.17, 15) is 4.79 Å². The molecule has 2 rings (SSSR count). The number of hydrogen-bond donors (Lipinski definition) is 4. The summed E-state index contributed by atoms with van der Waals surface area (Å²) in [6.45, 7) is 7.74. The molecule has 0 aliphatic rings. The second kappa shape index (κ2) is 8.71. The summed E-state index contributed by atoms with van der Waals surface area (Å²) < 4.78 is 0. The monoisotopic (exact) mass is 328 g/mol. The molecule has 0 bridgehead atoms. The summed E-state index contributed by atoms with van der Waals surface area (Å²) in [7, 11) is 0. The van der Waals surface area contributed by atoms with Crippen LogP contribution in [0.15, 0.2) is 30.3 Å². The average molecular weight is 328 g/mol. The molecular weight excluding hydrogens is 304 g/mol. The first-order chi connectivity index (χ1) is 11.6. The summed E-state index contributed by atoms with van der Waals surface area (Å²) in [5, 5.41) is 11.9. The van der Waals surface area contributed by atoms with Crippen molar-refractivity contribution in [1.29, 1.82) is 0 Å². The van der Waals surface area contributed by atoms with Gasteiger partial charge in [-0.15, -0.1) is 0 Å². The van der Waals surface area contributed by atoms with Crippen LogP contribution < -0.4 is 21.3 Å². The topological polar surface area (TPSA) is 91.0 Å². The quantitative estimate of drug-likeness (QED) is 0.587. The van der Waals surface area contributed by atoms with Crippen LogP contribution in [0.1, 0.15) is 18.2 Å². The van der Waals surface area contributed by atoms with E-state index in [0.29, 0.717) is 19.0 Å². The minimum atomic E-state index is -0.229. The molecule has 2 amide bonds. The van der Waals surface area contributed by atoms with Crippen LogP contribution in [0, 0.1) is 13.8 Å². The molecule has 7 heteroatoms. The molecule has 0 unspecified atom stereocenters. The molecular formula is C17H24N6O. The number of benzene rings is 1. The fourth-order valence-electron chi connectivity index (χ4n) is 2.08. The van der Waals surface area contributed by atoms with E-state index < -0.39 is 0 Å². The van der Waals surface area contributed by atoms with Gasteiger partial charge in [-0.1, -0.05) is 17.7 Å². The lowest BCUT2D eigenvalue weighted by Gasteiger charge is -2.10. The van der Waals surface area contributed by atoms with E-state index in [1.165, 1.54) is 0 Å². The zero-order chi connectivity index (χ0) is 17.4. The maximum absolute atomic E-state index is 11.8. The molecule has 2 aromatic rings. The average Bonchev–Trinajstić information content (AvgIpc) is 2.54. The molecule has 0 saturated carbocycles. The van der Waals surface area contributed by atoms with E-state index in [1.807, 2.05) is 51.1 Å². The van der Waals surface area contributed by atoms with Gasteiger partial charge < -0.3 is 21.3 Å². The van der Waals surface area contributed by atoms with Gasteiger partial charge in [0.05, 0.1) is 0 Å². The first-order valence-electron chi connectivity index (χ1n) is 8.02. The Balaban J connectivity index is 1.74. The van der Waals surface area contributed by atoms with Crippen LogP contribution >= 0.6 is 0 Å². The maximum Gasteiger partial charge on any atom is 0.319 e. The number of anilines is 3. The highest BCUT2D eigenvalue weighted by molar-refractivity contribution is 5.89. The molecule has 0 fully saturated rings. The number of hydrogen-bond acceptors (Lipinski definition) is 5. The zero-order valence-corrected chi connectivity index (χ0v) is 14.3. The molecule has 0 atom stereocenters. The largest absolute Gasteiger partial charge is 0.368 e. The van der Waals surface area contributed by atoms with Crippen molar-refractivity contribution in [2.45, 2.75) is 20.8 Å². The summed E-state index contributed by atoms with van der Waals surface area (Å²) in [5.41, 5.74) is 2.81. The second-order valence-corrected chi connectivity index (χ2v) is 5.42. The Labute approximate surface area is 142 Å². The van der Waals surface area contributed by atoms with E-state index in [0.717, 1.165) is 29.3 Å². The zero-order valence-electron chi connectivity index (χ0n) is 14.3. The molecule has 1 aromatic heterocycles.